The Labute approximate surface area is 183 Å². The number of likely N-dealkylation sites (tertiary alicyclic amines) is 1. The Morgan fingerprint density at radius 2 is 2.03 bits per heavy atom. The number of rotatable bonds is 5. The van der Waals surface area contributed by atoms with E-state index in [1.807, 2.05) is 37.9 Å². The van der Waals surface area contributed by atoms with Gasteiger partial charge in [0.05, 0.1) is 22.3 Å². The Morgan fingerprint density at radius 3 is 2.62 bits per heavy atom. The number of hydrogen-bond donors (Lipinski definition) is 0. The summed E-state index contributed by atoms with van der Waals surface area (Å²) in [5, 5.41) is 0.992. The second kappa shape index (κ2) is 9.50. The van der Waals surface area contributed by atoms with Gasteiger partial charge in [0.1, 0.15) is 17.9 Å². The van der Waals surface area contributed by atoms with Gasteiger partial charge in [0.15, 0.2) is 0 Å². The van der Waals surface area contributed by atoms with Crippen LogP contribution in [0.2, 0.25) is 10.0 Å². The molecule has 0 atom stereocenters. The first-order valence-corrected chi connectivity index (χ1v) is 10.9. The molecule has 1 aromatic rings. The average molecular weight is 438 g/mol. The van der Waals surface area contributed by atoms with E-state index in [1.165, 1.54) is 0 Å². The summed E-state index contributed by atoms with van der Waals surface area (Å²) in [6, 6.07) is 5.53. The van der Waals surface area contributed by atoms with Crippen molar-refractivity contribution < 1.29 is 9.53 Å². The quantitative estimate of drug-likeness (QED) is 0.275. The van der Waals surface area contributed by atoms with Crippen LogP contribution in [0.5, 0.6) is 0 Å². The van der Waals surface area contributed by atoms with Gasteiger partial charge in [0.25, 0.3) is 0 Å². The van der Waals surface area contributed by atoms with Gasteiger partial charge in [-0.05, 0) is 50.2 Å². The molecule has 2 saturated heterocycles. The summed E-state index contributed by atoms with van der Waals surface area (Å²) >= 11 is 12.6. The molecule has 0 unspecified atom stereocenters. The third kappa shape index (κ3) is 4.79. The van der Waals surface area contributed by atoms with E-state index < -0.39 is 0 Å². The number of ether oxygens (including phenoxy) is 1. The number of nitrogens with zero attached hydrogens (tertiary/aromatic N) is 3. The maximum Gasteiger partial charge on any atom is 0.149 e. The van der Waals surface area contributed by atoms with E-state index in [-0.39, 0.29) is 0 Å². The highest BCUT2D eigenvalue weighted by Gasteiger charge is 2.38. The van der Waals surface area contributed by atoms with Crippen molar-refractivity contribution in [3.05, 3.63) is 39.6 Å². The zero-order valence-corrected chi connectivity index (χ0v) is 18.9. The van der Waals surface area contributed by atoms with Gasteiger partial charge in [0, 0.05) is 32.3 Å². The molecule has 1 spiro atoms. The van der Waals surface area contributed by atoms with Crippen LogP contribution in [0.3, 0.4) is 0 Å². The Morgan fingerprint density at radius 1 is 1.31 bits per heavy atom. The number of hydrogen-bond acceptors (Lipinski definition) is 4. The van der Waals surface area contributed by atoms with E-state index in [4.69, 9.17) is 32.9 Å². The summed E-state index contributed by atoms with van der Waals surface area (Å²) in [7, 11) is 1.90. The second-order valence-corrected chi connectivity index (χ2v) is 8.69. The molecule has 1 aromatic carbocycles. The molecule has 158 valence electrons. The molecule has 0 bridgehead atoms. The molecule has 0 aromatic heterocycles. The number of aliphatic imine (C=N–C) groups is 1. The van der Waals surface area contributed by atoms with Crippen molar-refractivity contribution in [3.8, 4) is 0 Å². The lowest BCUT2D eigenvalue weighted by Gasteiger charge is -2.40. The highest BCUT2D eigenvalue weighted by molar-refractivity contribution is 6.44. The minimum atomic E-state index is 0.305. The molecule has 0 N–H and O–H groups in total. The van der Waals surface area contributed by atoms with Crippen LogP contribution >= 0.6 is 23.2 Å². The van der Waals surface area contributed by atoms with Crippen molar-refractivity contribution in [2.24, 2.45) is 10.4 Å². The van der Waals surface area contributed by atoms with Crippen LogP contribution in [0.1, 0.15) is 39.5 Å². The van der Waals surface area contributed by atoms with E-state index in [1.54, 1.807) is 6.07 Å². The van der Waals surface area contributed by atoms with Crippen LogP contribution in [0, 0.1) is 5.41 Å². The third-order valence-corrected chi connectivity index (χ3v) is 6.97. The van der Waals surface area contributed by atoms with Crippen LogP contribution in [-0.2, 0) is 9.53 Å². The molecular formula is C22H29Cl2N3O2. The van der Waals surface area contributed by atoms with Gasteiger partial charge in [0.2, 0.25) is 0 Å². The number of carbonyl (C=O) groups is 1. The number of allylic oxidation sites excluding steroid dienone is 1. The first-order chi connectivity index (χ1) is 13.9. The smallest absolute Gasteiger partial charge is 0.149 e. The summed E-state index contributed by atoms with van der Waals surface area (Å²) in [5.41, 5.74) is 1.80. The maximum absolute atomic E-state index is 11.8. The van der Waals surface area contributed by atoms with Crippen molar-refractivity contribution in [1.29, 1.82) is 0 Å². The van der Waals surface area contributed by atoms with Gasteiger partial charge < -0.3 is 14.5 Å². The van der Waals surface area contributed by atoms with Crippen molar-refractivity contribution in [2.45, 2.75) is 39.5 Å². The summed E-state index contributed by atoms with van der Waals surface area (Å²) < 4.78 is 5.64. The summed E-state index contributed by atoms with van der Waals surface area (Å²) in [5.74, 6) is 1.51. The first kappa shape index (κ1) is 22.1. The van der Waals surface area contributed by atoms with E-state index in [9.17, 15) is 4.79 Å². The summed E-state index contributed by atoms with van der Waals surface area (Å²) in [6.07, 6.45) is 4.84. The topological polar surface area (TPSA) is 45.1 Å². The van der Waals surface area contributed by atoms with Crippen molar-refractivity contribution in [1.82, 2.24) is 4.90 Å². The fourth-order valence-corrected chi connectivity index (χ4v) is 4.45. The van der Waals surface area contributed by atoms with Crippen LogP contribution < -0.4 is 4.90 Å². The van der Waals surface area contributed by atoms with Gasteiger partial charge >= 0.3 is 0 Å². The number of aldehydes is 1. The Bertz CT molecular complexity index is 806. The largest absolute Gasteiger partial charge is 0.381 e. The van der Waals surface area contributed by atoms with Gasteiger partial charge in [-0.3, -0.25) is 4.79 Å². The normalized spacial score (nSPS) is 20.0. The Kier molecular flexibility index (Phi) is 7.25. The minimum Gasteiger partial charge on any atom is -0.381 e. The molecule has 0 radical (unpaired) electrons. The number of carbonyl (C=O) groups excluding carboxylic acids is 1. The molecule has 3 rings (SSSR count). The zero-order valence-electron chi connectivity index (χ0n) is 17.4. The van der Waals surface area contributed by atoms with Gasteiger partial charge in [-0.15, -0.1) is 0 Å². The predicted molar refractivity (Wildman–Crippen MR) is 120 cm³/mol. The molecule has 0 saturated carbocycles. The van der Waals surface area contributed by atoms with E-state index in [2.05, 4.69) is 4.90 Å². The van der Waals surface area contributed by atoms with Crippen LogP contribution in [-0.4, -0.2) is 50.4 Å². The van der Waals surface area contributed by atoms with Crippen molar-refractivity contribution in [3.63, 3.8) is 0 Å². The van der Waals surface area contributed by atoms with Crippen LogP contribution in [0.15, 0.2) is 34.6 Å². The Hall–Kier alpha value is -1.56. The lowest BCUT2D eigenvalue weighted by Crippen LogP contribution is -2.40. The molecule has 2 fully saturated rings. The molecule has 2 heterocycles. The molecular weight excluding hydrogens is 409 g/mol. The van der Waals surface area contributed by atoms with E-state index >= 15 is 0 Å². The second-order valence-electron chi connectivity index (χ2n) is 7.90. The number of halogens is 2. The van der Waals surface area contributed by atoms with Gasteiger partial charge in [-0.1, -0.05) is 36.2 Å². The van der Waals surface area contributed by atoms with Crippen molar-refractivity contribution >= 4 is 41.0 Å². The standard InChI is InChI=1S/C22H29Cl2N3O2/c1-4-17(14-28)21(27-11-8-22(9-12-27)10-13-29-15-22)25-16(2)26(3)19-7-5-6-18(23)20(19)24/h5-7,14H,4,8-13,15H2,1-3H3/b21-17+,25-16-. The molecule has 29 heavy (non-hydrogen) atoms. The molecule has 0 amide bonds. The highest BCUT2D eigenvalue weighted by atomic mass is 35.5. The van der Waals surface area contributed by atoms with Gasteiger partial charge in [-0.25, -0.2) is 4.99 Å². The SMILES string of the molecule is CC/C(C=O)=C(/N=C(/C)N(C)c1cccc(Cl)c1Cl)N1CCC2(CCOC2)CC1. The fourth-order valence-electron chi connectivity index (χ4n) is 4.03. The highest BCUT2D eigenvalue weighted by Crippen LogP contribution is 2.40. The van der Waals surface area contributed by atoms with E-state index in [0.29, 0.717) is 27.5 Å². The number of amidine groups is 1. The van der Waals surface area contributed by atoms with E-state index in [0.717, 1.165) is 69.2 Å². The lowest BCUT2D eigenvalue weighted by atomic mass is 9.78. The number of anilines is 1. The van der Waals surface area contributed by atoms with Crippen LogP contribution in [0.4, 0.5) is 5.69 Å². The summed E-state index contributed by atoms with van der Waals surface area (Å²) in [6.45, 7) is 7.39. The molecule has 7 heteroatoms. The molecule has 0 aliphatic carbocycles. The van der Waals surface area contributed by atoms with Crippen molar-refractivity contribution in [2.75, 3.05) is 38.3 Å². The fraction of sp³-hybridized carbons (Fsp3) is 0.545. The first-order valence-electron chi connectivity index (χ1n) is 10.1. The Balaban J connectivity index is 1.86. The summed E-state index contributed by atoms with van der Waals surface area (Å²) in [4.78, 5) is 20.8. The van der Waals surface area contributed by atoms with Gasteiger partial charge in [-0.2, -0.15) is 0 Å². The molecule has 2 aliphatic heterocycles. The molecule has 5 nitrogen and oxygen atoms in total. The zero-order chi connectivity index (χ0) is 21.0. The monoisotopic (exact) mass is 437 g/mol. The average Bonchev–Trinajstić information content (AvgIpc) is 3.18. The minimum absolute atomic E-state index is 0.305. The van der Waals surface area contributed by atoms with Crippen LogP contribution in [0.25, 0.3) is 0 Å². The third-order valence-electron chi connectivity index (χ3n) is 6.16. The predicted octanol–water partition coefficient (Wildman–Crippen LogP) is 5.17. The number of piperidine rings is 1. The molecule has 2 aliphatic rings. The maximum atomic E-state index is 11.8. The number of benzene rings is 1. The lowest BCUT2D eigenvalue weighted by molar-refractivity contribution is -0.105.